The van der Waals surface area contributed by atoms with Crippen LogP contribution in [0.1, 0.15) is 29.3 Å². The van der Waals surface area contributed by atoms with Gasteiger partial charge in [-0.15, -0.1) is 11.3 Å². The maximum absolute atomic E-state index is 12.4. The van der Waals surface area contributed by atoms with Crippen molar-refractivity contribution in [3.05, 3.63) is 65.2 Å². The third kappa shape index (κ3) is 3.66. The van der Waals surface area contributed by atoms with Crippen molar-refractivity contribution in [2.45, 2.75) is 25.3 Å². The number of thiazole rings is 1. The predicted octanol–water partition coefficient (Wildman–Crippen LogP) is 4.39. The molecule has 3 aromatic rings. The molecule has 2 aromatic carbocycles. The van der Waals surface area contributed by atoms with E-state index in [1.807, 2.05) is 41.3 Å². The molecule has 4 rings (SSSR count). The number of hydrogen-bond donors (Lipinski definition) is 1. The Hall–Kier alpha value is -2.40. The Kier molecular flexibility index (Phi) is 4.65. The Morgan fingerprint density at radius 3 is 2.56 bits per heavy atom. The van der Waals surface area contributed by atoms with Gasteiger partial charge in [-0.3, -0.25) is 0 Å². The molecule has 0 spiro atoms. The number of nitrogens with one attached hydrogen (secondary N) is 1. The lowest BCUT2D eigenvalue weighted by Crippen LogP contribution is -2.43. The highest BCUT2D eigenvalue weighted by Gasteiger charge is 2.25. The highest BCUT2D eigenvalue weighted by Crippen LogP contribution is 2.33. The lowest BCUT2D eigenvalue weighted by molar-refractivity contribution is 0.181. The SMILES string of the molecule is O=C(NCc1ccccc1)N1CCC(c2nc3ccccc3s2)CC1. The van der Waals surface area contributed by atoms with Crippen LogP contribution in [0.3, 0.4) is 0 Å². The molecular weight excluding hydrogens is 330 g/mol. The van der Waals surface area contributed by atoms with Crippen LogP contribution >= 0.6 is 11.3 Å². The van der Waals surface area contributed by atoms with Gasteiger partial charge in [0, 0.05) is 25.6 Å². The third-order valence-electron chi connectivity index (χ3n) is 4.73. The smallest absolute Gasteiger partial charge is 0.317 e. The van der Waals surface area contributed by atoms with Gasteiger partial charge in [0.25, 0.3) is 0 Å². The Morgan fingerprint density at radius 1 is 1.08 bits per heavy atom. The summed E-state index contributed by atoms with van der Waals surface area (Å²) in [6, 6.07) is 18.3. The molecule has 1 saturated heterocycles. The van der Waals surface area contributed by atoms with Gasteiger partial charge in [0.2, 0.25) is 0 Å². The number of rotatable bonds is 3. The van der Waals surface area contributed by atoms with Crippen molar-refractivity contribution in [1.29, 1.82) is 0 Å². The lowest BCUT2D eigenvalue weighted by atomic mass is 9.98. The number of likely N-dealkylation sites (tertiary alicyclic amines) is 1. The number of carbonyl (C=O) groups is 1. The number of aromatic nitrogens is 1. The van der Waals surface area contributed by atoms with E-state index in [0.29, 0.717) is 12.5 Å². The van der Waals surface area contributed by atoms with Gasteiger partial charge in [-0.05, 0) is 30.5 Å². The van der Waals surface area contributed by atoms with Crippen LogP contribution in [0.5, 0.6) is 0 Å². The summed E-state index contributed by atoms with van der Waals surface area (Å²) in [6.07, 6.45) is 1.97. The highest BCUT2D eigenvalue weighted by molar-refractivity contribution is 7.18. The molecule has 25 heavy (non-hydrogen) atoms. The first-order valence-electron chi connectivity index (χ1n) is 8.72. The van der Waals surface area contributed by atoms with Gasteiger partial charge in [-0.25, -0.2) is 9.78 Å². The fourth-order valence-corrected chi connectivity index (χ4v) is 4.42. The number of urea groups is 1. The van der Waals surface area contributed by atoms with E-state index in [1.165, 1.54) is 9.71 Å². The first-order valence-corrected chi connectivity index (χ1v) is 9.53. The molecule has 0 aliphatic carbocycles. The first-order chi connectivity index (χ1) is 12.3. The molecule has 5 heteroatoms. The normalized spacial score (nSPS) is 15.4. The summed E-state index contributed by atoms with van der Waals surface area (Å²) >= 11 is 1.79. The van der Waals surface area contributed by atoms with Crippen LogP contribution in [0.2, 0.25) is 0 Å². The lowest BCUT2D eigenvalue weighted by Gasteiger charge is -2.31. The molecule has 0 saturated carbocycles. The van der Waals surface area contributed by atoms with E-state index in [1.54, 1.807) is 11.3 Å². The molecule has 2 heterocycles. The number of hydrogen-bond acceptors (Lipinski definition) is 3. The van der Waals surface area contributed by atoms with Crippen LogP contribution in [0.4, 0.5) is 4.79 Å². The van der Waals surface area contributed by atoms with Crippen molar-refractivity contribution >= 4 is 27.6 Å². The number of piperidine rings is 1. The summed E-state index contributed by atoms with van der Waals surface area (Å²) in [5.74, 6) is 0.468. The average molecular weight is 351 g/mol. The van der Waals surface area contributed by atoms with Crippen LogP contribution in [0.15, 0.2) is 54.6 Å². The zero-order valence-corrected chi connectivity index (χ0v) is 14.8. The van der Waals surface area contributed by atoms with Crippen LogP contribution in [-0.2, 0) is 6.54 Å². The van der Waals surface area contributed by atoms with Gasteiger partial charge in [0.1, 0.15) is 0 Å². The summed E-state index contributed by atoms with van der Waals surface area (Å²) in [4.78, 5) is 19.1. The Morgan fingerprint density at radius 2 is 1.80 bits per heavy atom. The van der Waals surface area contributed by atoms with E-state index in [-0.39, 0.29) is 6.03 Å². The minimum absolute atomic E-state index is 0.0339. The number of para-hydroxylation sites is 1. The monoisotopic (exact) mass is 351 g/mol. The quantitative estimate of drug-likeness (QED) is 0.761. The third-order valence-corrected chi connectivity index (χ3v) is 5.93. The highest BCUT2D eigenvalue weighted by atomic mass is 32.1. The molecule has 1 aliphatic heterocycles. The summed E-state index contributed by atoms with van der Waals surface area (Å²) in [6.45, 7) is 2.17. The summed E-state index contributed by atoms with van der Waals surface area (Å²) in [7, 11) is 0. The van der Waals surface area contributed by atoms with E-state index in [4.69, 9.17) is 4.98 Å². The zero-order chi connectivity index (χ0) is 17.1. The fraction of sp³-hybridized carbons (Fsp3) is 0.300. The van der Waals surface area contributed by atoms with E-state index >= 15 is 0 Å². The Labute approximate surface area is 151 Å². The van der Waals surface area contributed by atoms with Gasteiger partial charge in [-0.2, -0.15) is 0 Å². The number of benzene rings is 2. The molecule has 0 atom stereocenters. The molecule has 0 unspecified atom stereocenters. The second-order valence-electron chi connectivity index (χ2n) is 6.43. The van der Waals surface area contributed by atoms with Crippen molar-refractivity contribution in [1.82, 2.24) is 15.2 Å². The van der Waals surface area contributed by atoms with E-state index in [9.17, 15) is 4.79 Å². The largest absolute Gasteiger partial charge is 0.334 e. The van der Waals surface area contributed by atoms with Crippen molar-refractivity contribution in [2.24, 2.45) is 0 Å². The predicted molar refractivity (Wildman–Crippen MR) is 102 cm³/mol. The van der Waals surface area contributed by atoms with Crippen molar-refractivity contribution < 1.29 is 4.79 Å². The van der Waals surface area contributed by atoms with Crippen LogP contribution in [0.25, 0.3) is 10.2 Å². The van der Waals surface area contributed by atoms with E-state index < -0.39 is 0 Å². The van der Waals surface area contributed by atoms with Gasteiger partial charge in [0.05, 0.1) is 15.2 Å². The average Bonchev–Trinajstić information content (AvgIpc) is 3.11. The molecular formula is C20H21N3OS. The standard InChI is InChI=1S/C20H21N3OS/c24-20(21-14-15-6-2-1-3-7-15)23-12-10-16(11-13-23)19-22-17-8-4-5-9-18(17)25-19/h1-9,16H,10-14H2,(H,21,24). The minimum atomic E-state index is 0.0339. The van der Waals surface area contributed by atoms with Gasteiger partial charge in [-0.1, -0.05) is 42.5 Å². The molecule has 128 valence electrons. The Bertz CT molecular complexity index is 821. The van der Waals surface area contributed by atoms with E-state index in [2.05, 4.69) is 23.5 Å². The number of amides is 2. The fourth-order valence-electron chi connectivity index (χ4n) is 3.28. The van der Waals surface area contributed by atoms with Crippen LogP contribution in [0, 0.1) is 0 Å². The number of fused-ring (bicyclic) bond motifs is 1. The number of carbonyl (C=O) groups excluding carboxylic acids is 1. The Balaban J connectivity index is 1.32. The van der Waals surface area contributed by atoms with Crippen molar-refractivity contribution in [3.8, 4) is 0 Å². The second-order valence-corrected chi connectivity index (χ2v) is 7.49. The molecule has 1 aromatic heterocycles. The second kappa shape index (κ2) is 7.23. The van der Waals surface area contributed by atoms with Gasteiger partial charge >= 0.3 is 6.03 Å². The maximum Gasteiger partial charge on any atom is 0.317 e. The molecule has 2 amide bonds. The molecule has 0 bridgehead atoms. The molecule has 1 N–H and O–H groups in total. The summed E-state index contributed by atoms with van der Waals surface area (Å²) in [5, 5.41) is 4.23. The van der Waals surface area contributed by atoms with Crippen molar-refractivity contribution in [2.75, 3.05) is 13.1 Å². The number of nitrogens with zero attached hydrogens (tertiary/aromatic N) is 2. The van der Waals surface area contributed by atoms with Crippen LogP contribution in [-0.4, -0.2) is 29.0 Å². The van der Waals surface area contributed by atoms with Gasteiger partial charge < -0.3 is 10.2 Å². The maximum atomic E-state index is 12.4. The minimum Gasteiger partial charge on any atom is -0.334 e. The topological polar surface area (TPSA) is 45.2 Å². The molecule has 1 aliphatic rings. The molecule has 0 radical (unpaired) electrons. The van der Waals surface area contributed by atoms with Crippen LogP contribution < -0.4 is 5.32 Å². The first kappa shape index (κ1) is 16.1. The molecule has 1 fully saturated rings. The van der Waals surface area contributed by atoms with E-state index in [0.717, 1.165) is 37.0 Å². The zero-order valence-electron chi connectivity index (χ0n) is 14.0. The summed E-state index contributed by atoms with van der Waals surface area (Å²) < 4.78 is 1.25. The van der Waals surface area contributed by atoms with Crippen molar-refractivity contribution in [3.63, 3.8) is 0 Å². The molecule has 4 nitrogen and oxygen atoms in total. The summed E-state index contributed by atoms with van der Waals surface area (Å²) in [5.41, 5.74) is 2.21. The van der Waals surface area contributed by atoms with Gasteiger partial charge in [0.15, 0.2) is 0 Å².